The number of hydrogen-bond donors (Lipinski definition) is 1. The van der Waals surface area contributed by atoms with Crippen molar-refractivity contribution in [3.63, 3.8) is 0 Å². The van der Waals surface area contributed by atoms with Crippen molar-refractivity contribution in [2.45, 2.75) is 45.7 Å². The van der Waals surface area contributed by atoms with Gasteiger partial charge in [0.05, 0.1) is 5.92 Å². The first kappa shape index (κ1) is 14.1. The third-order valence-corrected chi connectivity index (χ3v) is 4.56. The summed E-state index contributed by atoms with van der Waals surface area (Å²) in [6.45, 7) is 8.12. The van der Waals surface area contributed by atoms with Crippen LogP contribution >= 0.6 is 0 Å². The van der Waals surface area contributed by atoms with Crippen molar-refractivity contribution in [3.05, 3.63) is 35.4 Å². The fraction of sp³-hybridized carbons (Fsp3) is 0.562. The highest BCUT2D eigenvalue weighted by Gasteiger charge is 2.33. The second-order valence-electron chi connectivity index (χ2n) is 5.65. The number of carboxylic acids is 1. The van der Waals surface area contributed by atoms with Gasteiger partial charge in [0.2, 0.25) is 0 Å². The van der Waals surface area contributed by atoms with Gasteiger partial charge in [0.15, 0.2) is 0 Å². The Balaban J connectivity index is 2.27. The molecule has 0 radical (unpaired) electrons. The van der Waals surface area contributed by atoms with Gasteiger partial charge < -0.3 is 5.11 Å². The van der Waals surface area contributed by atoms with Gasteiger partial charge in [-0.3, -0.25) is 9.69 Å². The second-order valence-corrected chi connectivity index (χ2v) is 5.65. The Kier molecular flexibility index (Phi) is 4.25. The zero-order valence-corrected chi connectivity index (χ0v) is 12.0. The Hall–Kier alpha value is -1.35. The Morgan fingerprint density at radius 3 is 2.74 bits per heavy atom. The fourth-order valence-electron chi connectivity index (χ4n) is 2.86. The maximum Gasteiger partial charge on any atom is 0.312 e. The van der Waals surface area contributed by atoms with E-state index in [0.29, 0.717) is 18.5 Å². The van der Waals surface area contributed by atoms with Gasteiger partial charge in [0.1, 0.15) is 0 Å². The van der Waals surface area contributed by atoms with E-state index in [0.717, 1.165) is 24.1 Å². The van der Waals surface area contributed by atoms with E-state index in [4.69, 9.17) is 0 Å². The summed E-state index contributed by atoms with van der Waals surface area (Å²) in [6, 6.07) is 8.36. The van der Waals surface area contributed by atoms with Gasteiger partial charge in [-0.1, -0.05) is 44.5 Å². The van der Waals surface area contributed by atoms with E-state index in [-0.39, 0.29) is 0 Å². The smallest absolute Gasteiger partial charge is 0.312 e. The molecule has 0 fully saturated rings. The zero-order valence-electron chi connectivity index (χ0n) is 12.0. The molecule has 0 aromatic heterocycles. The lowest BCUT2D eigenvalue weighted by Gasteiger charge is -2.39. The minimum Gasteiger partial charge on any atom is -0.481 e. The molecule has 0 spiro atoms. The van der Waals surface area contributed by atoms with Crippen LogP contribution in [0.15, 0.2) is 24.3 Å². The molecule has 1 aliphatic rings. The van der Waals surface area contributed by atoms with Gasteiger partial charge in [-0.15, -0.1) is 0 Å². The summed E-state index contributed by atoms with van der Waals surface area (Å²) in [5, 5.41) is 9.45. The number of carbonyl (C=O) groups is 1. The highest BCUT2D eigenvalue weighted by atomic mass is 16.4. The van der Waals surface area contributed by atoms with Crippen molar-refractivity contribution in [1.82, 2.24) is 4.90 Å². The van der Waals surface area contributed by atoms with Crippen LogP contribution in [0.1, 0.15) is 44.2 Å². The highest BCUT2D eigenvalue weighted by molar-refractivity contribution is 5.77. The van der Waals surface area contributed by atoms with Crippen LogP contribution < -0.4 is 0 Å². The van der Waals surface area contributed by atoms with Crippen molar-refractivity contribution in [3.8, 4) is 0 Å². The van der Waals surface area contributed by atoms with Crippen molar-refractivity contribution in [1.29, 1.82) is 0 Å². The van der Waals surface area contributed by atoms with Gasteiger partial charge in [-0.25, -0.2) is 0 Å². The van der Waals surface area contributed by atoms with E-state index in [1.54, 1.807) is 0 Å². The first-order valence-electron chi connectivity index (χ1n) is 7.09. The van der Waals surface area contributed by atoms with Crippen LogP contribution in [0.2, 0.25) is 0 Å². The van der Waals surface area contributed by atoms with Crippen molar-refractivity contribution >= 4 is 5.97 Å². The summed E-state index contributed by atoms with van der Waals surface area (Å²) in [7, 11) is 0. The Morgan fingerprint density at radius 2 is 2.11 bits per heavy atom. The number of benzene rings is 1. The fourth-order valence-corrected chi connectivity index (χ4v) is 2.86. The van der Waals surface area contributed by atoms with E-state index < -0.39 is 11.9 Å². The van der Waals surface area contributed by atoms with Crippen LogP contribution in [-0.4, -0.2) is 28.6 Å². The molecule has 0 aliphatic carbocycles. The number of hydrogen-bond acceptors (Lipinski definition) is 2. The Labute approximate surface area is 115 Å². The maximum atomic E-state index is 11.5. The van der Waals surface area contributed by atoms with Crippen LogP contribution in [-0.2, 0) is 11.3 Å². The summed E-state index contributed by atoms with van der Waals surface area (Å²) in [6.07, 6.45) is 1.12. The maximum absolute atomic E-state index is 11.5. The molecule has 2 rings (SSSR count). The number of aliphatic carboxylic acids is 1. The predicted octanol–water partition coefficient (Wildman–Crippen LogP) is 3.11. The van der Waals surface area contributed by atoms with Crippen LogP contribution in [0.25, 0.3) is 0 Å². The molecular weight excluding hydrogens is 238 g/mol. The minimum absolute atomic E-state index is 0.392. The standard InChI is InChI=1S/C16H23NO2/c1-4-11(2)12(3)17-9-13-7-5-6-8-14(13)15(10-17)16(18)19/h5-8,11-12,15H,4,9-10H2,1-3H3,(H,18,19). The topological polar surface area (TPSA) is 40.5 Å². The molecule has 3 unspecified atom stereocenters. The van der Waals surface area contributed by atoms with Crippen molar-refractivity contribution in [2.75, 3.05) is 6.54 Å². The van der Waals surface area contributed by atoms with E-state index in [1.165, 1.54) is 0 Å². The molecule has 104 valence electrons. The van der Waals surface area contributed by atoms with Crippen molar-refractivity contribution in [2.24, 2.45) is 5.92 Å². The van der Waals surface area contributed by atoms with E-state index in [2.05, 4.69) is 31.7 Å². The molecule has 0 bridgehead atoms. The molecule has 0 amide bonds. The van der Waals surface area contributed by atoms with E-state index in [9.17, 15) is 9.90 Å². The highest BCUT2D eigenvalue weighted by Crippen LogP contribution is 2.31. The lowest BCUT2D eigenvalue weighted by Crippen LogP contribution is -2.44. The number of rotatable bonds is 4. The SMILES string of the molecule is CCC(C)C(C)N1Cc2ccccc2C(C(=O)O)C1. The third kappa shape index (κ3) is 2.81. The van der Waals surface area contributed by atoms with Gasteiger partial charge >= 0.3 is 5.97 Å². The van der Waals surface area contributed by atoms with Crippen LogP contribution in [0.4, 0.5) is 0 Å². The molecule has 3 atom stereocenters. The lowest BCUT2D eigenvalue weighted by atomic mass is 9.87. The molecule has 0 saturated carbocycles. The molecule has 3 nitrogen and oxygen atoms in total. The summed E-state index contributed by atoms with van der Waals surface area (Å²) in [5.74, 6) is -0.523. The average Bonchev–Trinajstić information content (AvgIpc) is 2.44. The average molecular weight is 261 g/mol. The summed E-state index contributed by atoms with van der Waals surface area (Å²) in [5.41, 5.74) is 2.15. The molecule has 1 aromatic carbocycles. The van der Waals surface area contributed by atoms with Crippen molar-refractivity contribution < 1.29 is 9.90 Å². The molecule has 1 N–H and O–H groups in total. The first-order chi connectivity index (χ1) is 9.04. The molecule has 1 heterocycles. The summed E-state index contributed by atoms with van der Waals surface area (Å²) in [4.78, 5) is 13.8. The van der Waals surface area contributed by atoms with Crippen LogP contribution in [0, 0.1) is 5.92 Å². The number of carboxylic acid groups (broad SMARTS) is 1. The second kappa shape index (κ2) is 5.74. The largest absolute Gasteiger partial charge is 0.481 e. The monoisotopic (exact) mass is 261 g/mol. The minimum atomic E-state index is -0.714. The lowest BCUT2D eigenvalue weighted by molar-refractivity contribution is -0.139. The Morgan fingerprint density at radius 1 is 1.42 bits per heavy atom. The molecule has 19 heavy (non-hydrogen) atoms. The quantitative estimate of drug-likeness (QED) is 0.905. The van der Waals surface area contributed by atoms with Gasteiger partial charge in [0.25, 0.3) is 0 Å². The first-order valence-corrected chi connectivity index (χ1v) is 7.09. The molecule has 1 aliphatic heterocycles. The third-order valence-electron chi connectivity index (χ3n) is 4.56. The Bertz CT molecular complexity index is 458. The van der Waals surface area contributed by atoms with E-state index >= 15 is 0 Å². The van der Waals surface area contributed by atoms with Gasteiger partial charge in [-0.05, 0) is 24.0 Å². The van der Waals surface area contributed by atoms with Gasteiger partial charge in [0, 0.05) is 19.1 Å². The summed E-state index contributed by atoms with van der Waals surface area (Å²) >= 11 is 0. The van der Waals surface area contributed by atoms with Crippen LogP contribution in [0.5, 0.6) is 0 Å². The summed E-state index contributed by atoms with van der Waals surface area (Å²) < 4.78 is 0. The predicted molar refractivity (Wildman–Crippen MR) is 76.1 cm³/mol. The van der Waals surface area contributed by atoms with Crippen LogP contribution in [0.3, 0.4) is 0 Å². The number of fused-ring (bicyclic) bond motifs is 1. The molecule has 3 heteroatoms. The molecule has 1 aromatic rings. The zero-order chi connectivity index (χ0) is 14.0. The number of nitrogens with zero attached hydrogens (tertiary/aromatic N) is 1. The molecular formula is C16H23NO2. The van der Waals surface area contributed by atoms with Gasteiger partial charge in [-0.2, -0.15) is 0 Å². The normalized spacial score (nSPS) is 22.6. The molecule has 0 saturated heterocycles. The van der Waals surface area contributed by atoms with E-state index in [1.807, 2.05) is 18.2 Å².